The van der Waals surface area contributed by atoms with E-state index in [0.29, 0.717) is 16.8 Å². The van der Waals surface area contributed by atoms with Crippen LogP contribution in [0.2, 0.25) is 0 Å². The van der Waals surface area contributed by atoms with Crippen molar-refractivity contribution in [2.45, 2.75) is 45.4 Å². The van der Waals surface area contributed by atoms with Crippen molar-refractivity contribution in [3.8, 4) is 0 Å². The van der Waals surface area contributed by atoms with E-state index in [-0.39, 0.29) is 6.03 Å². The van der Waals surface area contributed by atoms with Crippen LogP contribution in [0.25, 0.3) is 0 Å². The molecule has 0 aliphatic heterocycles. The van der Waals surface area contributed by atoms with E-state index in [4.69, 9.17) is 5.73 Å². The van der Waals surface area contributed by atoms with Gasteiger partial charge in [-0.25, -0.2) is 4.79 Å². The minimum Gasteiger partial charge on any atom is -0.397 e. The number of nitrogens with two attached hydrogens (primary N) is 1. The van der Waals surface area contributed by atoms with Crippen molar-refractivity contribution in [3.05, 3.63) is 23.8 Å². The zero-order chi connectivity index (χ0) is 16.0. The highest BCUT2D eigenvalue weighted by Gasteiger charge is 2.50. The van der Waals surface area contributed by atoms with Gasteiger partial charge in [0.2, 0.25) is 0 Å². The maximum Gasteiger partial charge on any atom is 0.319 e. The molecule has 5 rings (SSSR count). The predicted octanol–water partition coefficient (Wildman–Crippen LogP) is 3.92. The van der Waals surface area contributed by atoms with Crippen molar-refractivity contribution in [1.29, 1.82) is 0 Å². The molecule has 4 saturated carbocycles. The first-order valence-corrected chi connectivity index (χ1v) is 8.92. The molecule has 0 unspecified atom stereocenters. The first-order chi connectivity index (χ1) is 11.0. The summed E-state index contributed by atoms with van der Waals surface area (Å²) in [6.45, 7) is 2.81. The monoisotopic (exact) mass is 313 g/mol. The fraction of sp³-hybridized carbons (Fsp3) is 0.632. The van der Waals surface area contributed by atoms with Crippen molar-refractivity contribution in [1.82, 2.24) is 5.32 Å². The first kappa shape index (κ1) is 14.9. The second kappa shape index (κ2) is 5.43. The van der Waals surface area contributed by atoms with Gasteiger partial charge in [0.25, 0.3) is 0 Å². The summed E-state index contributed by atoms with van der Waals surface area (Å²) in [4.78, 5) is 12.3. The Hall–Kier alpha value is -1.71. The van der Waals surface area contributed by atoms with Gasteiger partial charge < -0.3 is 16.4 Å². The summed E-state index contributed by atoms with van der Waals surface area (Å²) in [7, 11) is 0. The van der Waals surface area contributed by atoms with Gasteiger partial charge in [0.15, 0.2) is 0 Å². The Balaban J connectivity index is 1.36. The molecule has 0 aromatic heterocycles. The molecule has 4 N–H and O–H groups in total. The molecule has 124 valence electrons. The average Bonchev–Trinajstić information content (AvgIpc) is 2.47. The summed E-state index contributed by atoms with van der Waals surface area (Å²) < 4.78 is 0. The smallest absolute Gasteiger partial charge is 0.319 e. The number of nitrogen functional groups attached to an aromatic ring is 1. The topological polar surface area (TPSA) is 67.2 Å². The molecule has 0 radical (unpaired) electrons. The first-order valence-electron chi connectivity index (χ1n) is 8.92. The molecule has 1 aromatic carbocycles. The molecular formula is C19H27N3O. The van der Waals surface area contributed by atoms with Gasteiger partial charge in [0.1, 0.15) is 0 Å². The fourth-order valence-electron chi connectivity index (χ4n) is 5.74. The average molecular weight is 313 g/mol. The van der Waals surface area contributed by atoms with Gasteiger partial charge in [-0.05, 0) is 86.3 Å². The Morgan fingerprint density at radius 3 is 2.35 bits per heavy atom. The Morgan fingerprint density at radius 2 is 1.78 bits per heavy atom. The number of hydrogen-bond donors (Lipinski definition) is 3. The summed E-state index contributed by atoms with van der Waals surface area (Å²) >= 11 is 0. The molecule has 4 bridgehead atoms. The third kappa shape index (κ3) is 2.91. The maximum absolute atomic E-state index is 12.3. The number of rotatable bonds is 3. The lowest BCUT2D eigenvalue weighted by Crippen LogP contribution is -2.51. The largest absolute Gasteiger partial charge is 0.397 e. The highest BCUT2D eigenvalue weighted by molar-refractivity contribution is 5.92. The lowest BCUT2D eigenvalue weighted by Gasteiger charge is -2.56. The number of urea groups is 1. The molecule has 0 atom stereocenters. The lowest BCUT2D eigenvalue weighted by atomic mass is 9.49. The van der Waals surface area contributed by atoms with Crippen LogP contribution in [-0.2, 0) is 0 Å². The summed E-state index contributed by atoms with van der Waals surface area (Å²) in [5.74, 6) is 2.75. The van der Waals surface area contributed by atoms with Crippen LogP contribution in [0, 0.1) is 30.1 Å². The van der Waals surface area contributed by atoms with Gasteiger partial charge in [-0.15, -0.1) is 0 Å². The van der Waals surface area contributed by atoms with Crippen molar-refractivity contribution in [2.75, 3.05) is 17.6 Å². The molecule has 2 amide bonds. The summed E-state index contributed by atoms with van der Waals surface area (Å²) in [6, 6.07) is 5.59. The molecule has 4 aliphatic carbocycles. The summed E-state index contributed by atoms with van der Waals surface area (Å²) in [5.41, 5.74) is 8.75. The van der Waals surface area contributed by atoms with E-state index in [1.165, 1.54) is 38.5 Å². The molecule has 0 spiro atoms. The lowest BCUT2D eigenvalue weighted by molar-refractivity contribution is -0.0496. The second-order valence-corrected chi connectivity index (χ2v) is 8.32. The molecule has 23 heavy (non-hydrogen) atoms. The van der Waals surface area contributed by atoms with Gasteiger partial charge in [-0.3, -0.25) is 0 Å². The van der Waals surface area contributed by atoms with E-state index in [1.807, 2.05) is 25.1 Å². The Morgan fingerprint density at radius 1 is 1.17 bits per heavy atom. The second-order valence-electron chi connectivity index (χ2n) is 8.32. The summed E-state index contributed by atoms with van der Waals surface area (Å²) in [5, 5.41) is 6.02. The minimum absolute atomic E-state index is 0.128. The molecule has 4 aliphatic rings. The quantitative estimate of drug-likeness (QED) is 0.741. The van der Waals surface area contributed by atoms with Crippen LogP contribution in [0.15, 0.2) is 18.2 Å². The van der Waals surface area contributed by atoms with Crippen molar-refractivity contribution in [3.63, 3.8) is 0 Å². The maximum atomic E-state index is 12.3. The number of amides is 2. The molecule has 0 saturated heterocycles. The highest BCUT2D eigenvalue weighted by atomic mass is 16.2. The standard InChI is InChI=1S/C19H27N3O/c1-12-2-3-17(16(20)4-12)22-18(23)21-11-19-8-13-5-14(9-19)7-15(6-13)10-19/h2-4,13-15H,5-11,20H2,1H3,(H2,21,22,23). The number of nitrogens with one attached hydrogen (secondary N) is 2. The Kier molecular flexibility index (Phi) is 3.51. The zero-order valence-corrected chi connectivity index (χ0v) is 13.9. The van der Waals surface area contributed by atoms with Gasteiger partial charge in [0, 0.05) is 6.54 Å². The van der Waals surface area contributed by atoms with Gasteiger partial charge >= 0.3 is 6.03 Å². The van der Waals surface area contributed by atoms with E-state index in [1.54, 1.807) is 0 Å². The number of carbonyl (C=O) groups excluding carboxylic acids is 1. The van der Waals surface area contributed by atoms with Crippen LogP contribution >= 0.6 is 0 Å². The molecule has 4 fully saturated rings. The van der Waals surface area contributed by atoms with E-state index in [0.717, 1.165) is 29.9 Å². The van der Waals surface area contributed by atoms with Crippen LogP contribution in [0.1, 0.15) is 44.1 Å². The van der Waals surface area contributed by atoms with Gasteiger partial charge in [-0.2, -0.15) is 0 Å². The highest BCUT2D eigenvalue weighted by Crippen LogP contribution is 2.59. The van der Waals surface area contributed by atoms with Crippen LogP contribution in [0.3, 0.4) is 0 Å². The van der Waals surface area contributed by atoms with Crippen LogP contribution in [-0.4, -0.2) is 12.6 Å². The van der Waals surface area contributed by atoms with Crippen LogP contribution < -0.4 is 16.4 Å². The number of benzene rings is 1. The number of anilines is 2. The fourth-order valence-corrected chi connectivity index (χ4v) is 5.74. The van der Waals surface area contributed by atoms with Crippen LogP contribution in [0.5, 0.6) is 0 Å². The molecule has 4 heteroatoms. The normalized spacial score (nSPS) is 34.4. The number of carbonyl (C=O) groups is 1. The SMILES string of the molecule is Cc1ccc(NC(=O)NCC23CC4CC(CC(C4)C2)C3)c(N)c1. The van der Waals surface area contributed by atoms with E-state index in [9.17, 15) is 4.79 Å². The molecule has 1 aromatic rings. The van der Waals surface area contributed by atoms with E-state index < -0.39 is 0 Å². The Labute approximate surface area is 138 Å². The van der Waals surface area contributed by atoms with Crippen molar-refractivity contribution < 1.29 is 4.79 Å². The molecule has 0 heterocycles. The third-order valence-corrected chi connectivity index (χ3v) is 6.24. The Bertz CT molecular complexity index is 590. The van der Waals surface area contributed by atoms with Gasteiger partial charge in [0.05, 0.1) is 11.4 Å². The summed E-state index contributed by atoms with van der Waals surface area (Å²) in [6.07, 6.45) is 8.24. The van der Waals surface area contributed by atoms with E-state index in [2.05, 4.69) is 10.6 Å². The van der Waals surface area contributed by atoms with Crippen molar-refractivity contribution >= 4 is 17.4 Å². The predicted molar refractivity (Wildman–Crippen MR) is 93.2 cm³/mol. The zero-order valence-electron chi connectivity index (χ0n) is 13.9. The third-order valence-electron chi connectivity index (χ3n) is 6.24. The minimum atomic E-state index is -0.128. The molecular weight excluding hydrogens is 286 g/mol. The van der Waals surface area contributed by atoms with Crippen LogP contribution in [0.4, 0.5) is 16.2 Å². The van der Waals surface area contributed by atoms with Crippen molar-refractivity contribution in [2.24, 2.45) is 23.2 Å². The molecule has 4 nitrogen and oxygen atoms in total. The van der Waals surface area contributed by atoms with E-state index >= 15 is 0 Å². The van der Waals surface area contributed by atoms with Gasteiger partial charge in [-0.1, -0.05) is 6.07 Å². The number of aryl methyl sites for hydroxylation is 1. The number of hydrogen-bond acceptors (Lipinski definition) is 2.